The highest BCUT2D eigenvalue weighted by atomic mass is 32.2. The molecule has 1 N–H and O–H groups in total. The molecule has 0 aliphatic heterocycles. The van der Waals surface area contributed by atoms with Crippen LogP contribution < -0.4 is 10.9 Å². The summed E-state index contributed by atoms with van der Waals surface area (Å²) in [6, 6.07) is 7.87. The molecule has 1 amide bonds. The van der Waals surface area contributed by atoms with E-state index in [4.69, 9.17) is 4.98 Å². The van der Waals surface area contributed by atoms with Crippen molar-refractivity contribution in [2.45, 2.75) is 57.1 Å². The first-order valence-electron chi connectivity index (χ1n) is 11.7. The second-order valence-corrected chi connectivity index (χ2v) is 10.8. The first-order valence-corrected chi connectivity index (χ1v) is 13.5. The van der Waals surface area contributed by atoms with E-state index in [2.05, 4.69) is 17.1 Å². The number of rotatable bonds is 9. The van der Waals surface area contributed by atoms with E-state index in [0.717, 1.165) is 60.1 Å². The zero-order valence-corrected chi connectivity index (χ0v) is 21.3. The Bertz CT molecular complexity index is 1200. The maximum absolute atomic E-state index is 13.6. The van der Waals surface area contributed by atoms with Gasteiger partial charge in [-0.05, 0) is 76.4 Å². The highest BCUT2D eigenvalue weighted by Crippen LogP contribution is 2.34. The van der Waals surface area contributed by atoms with Crippen LogP contribution in [-0.4, -0.2) is 46.8 Å². The van der Waals surface area contributed by atoms with Crippen LogP contribution in [0.25, 0.3) is 10.2 Å². The van der Waals surface area contributed by atoms with Crippen LogP contribution in [0.3, 0.4) is 0 Å². The van der Waals surface area contributed by atoms with Gasteiger partial charge in [-0.2, -0.15) is 0 Å². The number of nitrogens with one attached hydrogen (secondary N) is 1. The summed E-state index contributed by atoms with van der Waals surface area (Å²) in [6.07, 6.45) is 6.03. The largest absolute Gasteiger partial charge is 0.325 e. The third kappa shape index (κ3) is 5.50. The van der Waals surface area contributed by atoms with Crippen LogP contribution in [0.2, 0.25) is 0 Å². The molecule has 2 heterocycles. The topological polar surface area (TPSA) is 67.2 Å². The zero-order valence-electron chi connectivity index (χ0n) is 19.6. The van der Waals surface area contributed by atoms with E-state index in [9.17, 15) is 9.59 Å². The fraction of sp³-hybridized carbons (Fsp3) is 0.480. The predicted molar refractivity (Wildman–Crippen MR) is 139 cm³/mol. The van der Waals surface area contributed by atoms with Crippen LogP contribution in [0.1, 0.15) is 42.2 Å². The van der Waals surface area contributed by atoms with E-state index in [-0.39, 0.29) is 17.2 Å². The average molecular weight is 485 g/mol. The van der Waals surface area contributed by atoms with Gasteiger partial charge in [-0.25, -0.2) is 4.98 Å². The van der Waals surface area contributed by atoms with E-state index in [1.807, 2.05) is 38.4 Å². The summed E-state index contributed by atoms with van der Waals surface area (Å²) in [5.41, 5.74) is 3.23. The lowest BCUT2D eigenvalue weighted by Crippen LogP contribution is -2.26. The summed E-state index contributed by atoms with van der Waals surface area (Å²) < 4.78 is 1.80. The second-order valence-electron chi connectivity index (χ2n) is 8.75. The number of hydrogen-bond acceptors (Lipinski definition) is 6. The molecule has 0 fully saturated rings. The van der Waals surface area contributed by atoms with Crippen molar-refractivity contribution in [2.75, 3.05) is 31.7 Å². The Kier molecular flexibility index (Phi) is 7.88. The highest BCUT2D eigenvalue weighted by Gasteiger charge is 2.22. The molecule has 1 aromatic carbocycles. The number of thiophene rings is 1. The van der Waals surface area contributed by atoms with Crippen molar-refractivity contribution in [2.24, 2.45) is 0 Å². The summed E-state index contributed by atoms with van der Waals surface area (Å²) in [5, 5.41) is 4.47. The lowest BCUT2D eigenvalue weighted by Gasteiger charge is -2.15. The van der Waals surface area contributed by atoms with Crippen LogP contribution in [0.4, 0.5) is 5.69 Å². The number of fused-ring (bicyclic) bond motifs is 3. The molecule has 4 rings (SSSR count). The summed E-state index contributed by atoms with van der Waals surface area (Å²) in [5.74, 6) is 0.134. The molecule has 0 saturated heterocycles. The summed E-state index contributed by atoms with van der Waals surface area (Å²) >= 11 is 3.02. The smallest absolute Gasteiger partial charge is 0.263 e. The van der Waals surface area contributed by atoms with Crippen LogP contribution in [0, 0.1) is 0 Å². The number of carbonyl (C=O) groups excluding carboxylic acids is 1. The van der Waals surface area contributed by atoms with Crippen molar-refractivity contribution < 1.29 is 4.79 Å². The molecule has 0 spiro atoms. The average Bonchev–Trinajstić information content (AvgIpc) is 3.18. The van der Waals surface area contributed by atoms with Crippen molar-refractivity contribution in [3.05, 3.63) is 50.6 Å². The first kappa shape index (κ1) is 24.0. The quantitative estimate of drug-likeness (QED) is 0.356. The molecule has 0 unspecified atom stereocenters. The van der Waals surface area contributed by atoms with Gasteiger partial charge in [-0.1, -0.05) is 36.9 Å². The molecule has 176 valence electrons. The van der Waals surface area contributed by atoms with Crippen molar-refractivity contribution in [3.63, 3.8) is 0 Å². The number of para-hydroxylation sites is 1. The van der Waals surface area contributed by atoms with E-state index < -0.39 is 0 Å². The summed E-state index contributed by atoms with van der Waals surface area (Å²) in [7, 11) is 4.07. The van der Waals surface area contributed by atoms with Gasteiger partial charge in [0.2, 0.25) is 5.91 Å². The molecule has 33 heavy (non-hydrogen) atoms. The predicted octanol–water partition coefficient (Wildman–Crippen LogP) is 4.58. The molecule has 0 radical (unpaired) electrons. The highest BCUT2D eigenvalue weighted by molar-refractivity contribution is 7.99. The Labute approximate surface area is 203 Å². The van der Waals surface area contributed by atoms with Gasteiger partial charge in [-0.3, -0.25) is 14.2 Å². The van der Waals surface area contributed by atoms with Gasteiger partial charge < -0.3 is 10.2 Å². The molecule has 2 aromatic heterocycles. The molecule has 0 bridgehead atoms. The van der Waals surface area contributed by atoms with Gasteiger partial charge in [0.1, 0.15) is 4.83 Å². The SMILES string of the molecule is CCc1ccccc1NC(=O)CSc1nc2sc3c(c2c(=O)n1CCCN(C)C)CCCC3. The fourth-order valence-corrected chi connectivity index (χ4v) is 6.47. The van der Waals surface area contributed by atoms with Crippen molar-refractivity contribution in [1.82, 2.24) is 14.5 Å². The van der Waals surface area contributed by atoms with Gasteiger partial charge in [0, 0.05) is 17.1 Å². The van der Waals surface area contributed by atoms with Gasteiger partial charge in [0.05, 0.1) is 11.1 Å². The van der Waals surface area contributed by atoms with Gasteiger partial charge >= 0.3 is 0 Å². The Morgan fingerprint density at radius 1 is 1.24 bits per heavy atom. The number of thioether (sulfide) groups is 1. The third-order valence-corrected chi connectivity index (χ3v) is 8.19. The number of aryl methyl sites for hydroxylation is 3. The molecule has 0 atom stereocenters. The van der Waals surface area contributed by atoms with E-state index in [0.29, 0.717) is 11.7 Å². The number of benzene rings is 1. The zero-order chi connectivity index (χ0) is 23.4. The van der Waals surface area contributed by atoms with Crippen LogP contribution in [0.15, 0.2) is 34.2 Å². The maximum atomic E-state index is 13.6. The van der Waals surface area contributed by atoms with Crippen LogP contribution >= 0.6 is 23.1 Å². The number of amides is 1. The Balaban J connectivity index is 1.59. The second kappa shape index (κ2) is 10.8. The Morgan fingerprint density at radius 2 is 2.03 bits per heavy atom. The number of anilines is 1. The van der Waals surface area contributed by atoms with Crippen LogP contribution in [0.5, 0.6) is 0 Å². The van der Waals surface area contributed by atoms with Crippen LogP contribution in [-0.2, 0) is 30.6 Å². The standard InChI is InChI=1S/C25H32N4O2S2/c1-4-17-10-5-7-12-19(17)26-21(30)16-32-25-27-23-22(18-11-6-8-13-20(18)33-23)24(31)29(25)15-9-14-28(2)3/h5,7,10,12H,4,6,8-9,11,13-16H2,1-3H3,(H,26,30). The minimum Gasteiger partial charge on any atom is -0.325 e. The van der Waals surface area contributed by atoms with Crippen molar-refractivity contribution in [1.29, 1.82) is 0 Å². The molecule has 1 aliphatic carbocycles. The fourth-order valence-electron chi connectivity index (χ4n) is 4.34. The molecule has 8 heteroatoms. The maximum Gasteiger partial charge on any atom is 0.263 e. The summed E-state index contributed by atoms with van der Waals surface area (Å²) in [6.45, 7) is 3.57. The molecule has 1 aliphatic rings. The van der Waals surface area contributed by atoms with Crippen molar-refractivity contribution in [3.8, 4) is 0 Å². The molecule has 6 nitrogen and oxygen atoms in total. The van der Waals surface area contributed by atoms with E-state index in [1.165, 1.54) is 28.6 Å². The third-order valence-electron chi connectivity index (χ3n) is 6.03. The number of hydrogen-bond donors (Lipinski definition) is 1. The molecule has 3 aromatic rings. The molecular weight excluding hydrogens is 452 g/mol. The van der Waals surface area contributed by atoms with Crippen molar-refractivity contribution >= 4 is 44.9 Å². The first-order chi connectivity index (χ1) is 16.0. The molecular formula is C25H32N4O2S2. The van der Waals surface area contributed by atoms with Gasteiger partial charge in [0.15, 0.2) is 5.16 Å². The summed E-state index contributed by atoms with van der Waals surface area (Å²) in [4.78, 5) is 35.5. The lowest BCUT2D eigenvalue weighted by atomic mass is 9.97. The number of aromatic nitrogens is 2. The van der Waals surface area contributed by atoms with E-state index in [1.54, 1.807) is 15.9 Å². The minimum atomic E-state index is -0.0828. The molecule has 0 saturated carbocycles. The van der Waals surface area contributed by atoms with Gasteiger partial charge in [-0.15, -0.1) is 11.3 Å². The number of nitrogens with zero attached hydrogens (tertiary/aromatic N) is 3. The van der Waals surface area contributed by atoms with Gasteiger partial charge in [0.25, 0.3) is 5.56 Å². The monoisotopic (exact) mass is 484 g/mol. The lowest BCUT2D eigenvalue weighted by molar-refractivity contribution is -0.113. The Hall–Kier alpha value is -2.16. The Morgan fingerprint density at radius 3 is 2.82 bits per heavy atom. The minimum absolute atomic E-state index is 0.0531. The number of carbonyl (C=O) groups is 1. The van der Waals surface area contributed by atoms with E-state index >= 15 is 0 Å². The normalized spacial score (nSPS) is 13.5.